The summed E-state index contributed by atoms with van der Waals surface area (Å²) in [4.78, 5) is 17.0. The summed E-state index contributed by atoms with van der Waals surface area (Å²) >= 11 is 0. The van der Waals surface area contributed by atoms with Crippen LogP contribution < -0.4 is 11.1 Å². The van der Waals surface area contributed by atoms with Crippen molar-refractivity contribution in [1.82, 2.24) is 14.8 Å². The van der Waals surface area contributed by atoms with Gasteiger partial charge in [-0.15, -0.1) is 0 Å². The topological polar surface area (TPSA) is 104 Å². The van der Waals surface area contributed by atoms with Gasteiger partial charge in [-0.05, 0) is 55.5 Å². The lowest BCUT2D eigenvalue weighted by molar-refractivity contribution is 0.0247. The number of benzene rings is 1. The number of carbonyl (C=O) groups is 1. The average molecular weight is 534 g/mol. The van der Waals surface area contributed by atoms with E-state index in [0.717, 1.165) is 24.3 Å². The van der Waals surface area contributed by atoms with Gasteiger partial charge >= 0.3 is 0 Å². The Hall–Kier alpha value is -3.35. The van der Waals surface area contributed by atoms with E-state index in [2.05, 4.69) is 15.4 Å². The Labute approximate surface area is 216 Å². The van der Waals surface area contributed by atoms with E-state index in [9.17, 15) is 13.6 Å². The standard InChI is InChI=1S/C26H27F4N5O3/c1-35-24(21-6-4-18(31)17(30)12-38-21)20(11-32-35)34-25(36)19-5-3-14(27)23(33-19)22-15(28)9-13(10-16(22)29)26(37-2)7-8-26/h3,5,9-11,17-18,21H,4,6-8,12,31H2,1-2H3,(H,34,36)/t17-,18-,21+/m1/s1. The minimum absolute atomic E-state index is 0.200. The van der Waals surface area contributed by atoms with Gasteiger partial charge in [0.05, 0.1) is 35.3 Å². The van der Waals surface area contributed by atoms with E-state index in [4.69, 9.17) is 15.2 Å². The van der Waals surface area contributed by atoms with Gasteiger partial charge in [0.15, 0.2) is 0 Å². The molecule has 1 saturated heterocycles. The molecule has 8 nitrogen and oxygen atoms in total. The third kappa shape index (κ3) is 4.79. The van der Waals surface area contributed by atoms with E-state index in [1.807, 2.05) is 0 Å². The second kappa shape index (κ2) is 10.1. The number of hydrogen-bond donors (Lipinski definition) is 2. The van der Waals surface area contributed by atoms with Gasteiger partial charge in [0.2, 0.25) is 0 Å². The Balaban J connectivity index is 1.42. The molecular weight excluding hydrogens is 506 g/mol. The van der Waals surface area contributed by atoms with Crippen LogP contribution in [0.3, 0.4) is 0 Å². The number of ether oxygens (including phenoxy) is 2. The minimum atomic E-state index is -1.31. The summed E-state index contributed by atoms with van der Waals surface area (Å²) < 4.78 is 71.3. The van der Waals surface area contributed by atoms with Crippen molar-refractivity contribution in [1.29, 1.82) is 0 Å². The largest absolute Gasteiger partial charge is 0.374 e. The first kappa shape index (κ1) is 26.3. The molecule has 0 bridgehead atoms. The molecule has 2 aromatic heterocycles. The monoisotopic (exact) mass is 533 g/mol. The molecule has 2 fully saturated rings. The highest BCUT2D eigenvalue weighted by Crippen LogP contribution is 2.49. The fourth-order valence-corrected chi connectivity index (χ4v) is 4.80. The lowest BCUT2D eigenvalue weighted by Crippen LogP contribution is -2.32. The first-order chi connectivity index (χ1) is 18.1. The fourth-order valence-electron chi connectivity index (χ4n) is 4.80. The van der Waals surface area contributed by atoms with Crippen molar-refractivity contribution >= 4 is 11.6 Å². The van der Waals surface area contributed by atoms with Crippen LogP contribution in [0.5, 0.6) is 0 Å². The number of methoxy groups -OCH3 is 1. The molecule has 3 atom stereocenters. The third-order valence-corrected chi connectivity index (χ3v) is 7.20. The van der Waals surface area contributed by atoms with Crippen molar-refractivity contribution in [2.75, 3.05) is 19.0 Å². The summed E-state index contributed by atoms with van der Waals surface area (Å²) in [6.07, 6.45) is 1.51. The number of nitrogens with one attached hydrogen (secondary N) is 1. The molecule has 0 radical (unpaired) electrons. The van der Waals surface area contributed by atoms with Gasteiger partial charge < -0.3 is 20.5 Å². The van der Waals surface area contributed by atoms with Crippen LogP contribution in [0, 0.1) is 17.5 Å². The van der Waals surface area contributed by atoms with Crippen LogP contribution in [-0.4, -0.2) is 46.6 Å². The van der Waals surface area contributed by atoms with Gasteiger partial charge in [0, 0.05) is 20.2 Å². The van der Waals surface area contributed by atoms with Gasteiger partial charge in [-0.1, -0.05) is 0 Å². The maximum atomic E-state index is 15.0. The molecule has 3 heterocycles. The number of halogens is 4. The first-order valence-corrected chi connectivity index (χ1v) is 12.2. The number of anilines is 1. The molecule has 3 N–H and O–H groups in total. The summed E-state index contributed by atoms with van der Waals surface area (Å²) in [6, 6.07) is 3.57. The number of aryl methyl sites for hydroxylation is 1. The highest BCUT2D eigenvalue weighted by atomic mass is 19.1. The van der Waals surface area contributed by atoms with E-state index < -0.39 is 58.5 Å². The zero-order chi connectivity index (χ0) is 27.2. The number of alkyl halides is 1. The SMILES string of the molecule is COC1(c2cc(F)c(-c3nc(C(=O)Nc4cnn(C)c4[C@@H]4CC[C@@H](N)[C@H](F)CO4)ccc3F)c(F)c2)CC1. The van der Waals surface area contributed by atoms with E-state index in [1.165, 1.54) is 18.0 Å². The Bertz CT molecular complexity index is 1340. The second-order valence-corrected chi connectivity index (χ2v) is 9.64. The van der Waals surface area contributed by atoms with Crippen molar-refractivity contribution in [3.8, 4) is 11.3 Å². The predicted molar refractivity (Wildman–Crippen MR) is 129 cm³/mol. The normalized spacial score (nSPS) is 22.7. The minimum Gasteiger partial charge on any atom is -0.374 e. The van der Waals surface area contributed by atoms with Gasteiger partial charge in [-0.2, -0.15) is 5.10 Å². The zero-order valence-corrected chi connectivity index (χ0v) is 20.8. The van der Waals surface area contributed by atoms with Crippen molar-refractivity contribution < 1.29 is 31.8 Å². The number of pyridine rings is 1. The van der Waals surface area contributed by atoms with E-state index in [0.29, 0.717) is 36.9 Å². The summed E-state index contributed by atoms with van der Waals surface area (Å²) in [7, 11) is 3.10. The van der Waals surface area contributed by atoms with Crippen LogP contribution >= 0.6 is 0 Å². The fraction of sp³-hybridized carbons (Fsp3) is 0.423. The molecular formula is C26H27F4N5O3. The number of carbonyl (C=O) groups excluding carboxylic acids is 1. The average Bonchev–Trinajstić information content (AvgIpc) is 3.64. The molecule has 0 unspecified atom stereocenters. The third-order valence-electron chi connectivity index (χ3n) is 7.20. The Kier molecular flexibility index (Phi) is 6.97. The Morgan fingerprint density at radius 2 is 1.89 bits per heavy atom. The van der Waals surface area contributed by atoms with Crippen LogP contribution in [0.25, 0.3) is 11.3 Å². The summed E-state index contributed by atoms with van der Waals surface area (Å²) in [5, 5.41) is 6.80. The van der Waals surface area contributed by atoms with Gasteiger partial charge in [-0.3, -0.25) is 9.48 Å². The van der Waals surface area contributed by atoms with E-state index in [-0.39, 0.29) is 18.0 Å². The molecule has 38 heavy (non-hydrogen) atoms. The molecule has 1 saturated carbocycles. The van der Waals surface area contributed by atoms with Crippen molar-refractivity contribution in [2.45, 2.75) is 49.6 Å². The summed E-state index contributed by atoms with van der Waals surface area (Å²) in [6.45, 7) is -0.200. The number of amides is 1. The first-order valence-electron chi connectivity index (χ1n) is 12.2. The second-order valence-electron chi connectivity index (χ2n) is 9.64. The Morgan fingerprint density at radius 1 is 1.18 bits per heavy atom. The van der Waals surface area contributed by atoms with Gasteiger partial charge in [-0.25, -0.2) is 22.5 Å². The highest BCUT2D eigenvalue weighted by molar-refractivity contribution is 6.03. The lowest BCUT2D eigenvalue weighted by atomic mass is 10.0. The zero-order valence-electron chi connectivity index (χ0n) is 20.8. The highest BCUT2D eigenvalue weighted by Gasteiger charge is 2.45. The molecule has 5 rings (SSSR count). The number of aromatic nitrogens is 3. The lowest BCUT2D eigenvalue weighted by Gasteiger charge is -2.18. The molecule has 1 amide bonds. The van der Waals surface area contributed by atoms with Crippen LogP contribution in [0.15, 0.2) is 30.5 Å². The maximum Gasteiger partial charge on any atom is 0.274 e. The number of rotatable bonds is 6. The molecule has 202 valence electrons. The molecule has 1 aliphatic heterocycles. The number of hydrogen-bond acceptors (Lipinski definition) is 6. The molecule has 1 aliphatic carbocycles. The predicted octanol–water partition coefficient (Wildman–Crippen LogP) is 4.30. The summed E-state index contributed by atoms with van der Waals surface area (Å²) in [5.74, 6) is -3.79. The number of nitrogens with two attached hydrogens (primary N) is 1. The van der Waals surface area contributed by atoms with Crippen molar-refractivity contribution in [3.63, 3.8) is 0 Å². The van der Waals surface area contributed by atoms with Crippen molar-refractivity contribution in [2.24, 2.45) is 12.8 Å². The van der Waals surface area contributed by atoms with E-state index in [1.54, 1.807) is 7.05 Å². The summed E-state index contributed by atoms with van der Waals surface area (Å²) in [5.41, 5.74) is 4.56. The van der Waals surface area contributed by atoms with Crippen molar-refractivity contribution in [3.05, 3.63) is 64.9 Å². The van der Waals surface area contributed by atoms with Gasteiger partial charge in [0.1, 0.15) is 41.1 Å². The molecule has 12 heteroatoms. The molecule has 0 spiro atoms. The van der Waals surface area contributed by atoms with Crippen LogP contribution in [-0.2, 0) is 22.1 Å². The van der Waals surface area contributed by atoms with Crippen LogP contribution in [0.1, 0.15) is 53.5 Å². The quantitative estimate of drug-likeness (QED) is 0.458. The van der Waals surface area contributed by atoms with Crippen LogP contribution in [0.4, 0.5) is 23.2 Å². The maximum absolute atomic E-state index is 15.0. The molecule has 3 aromatic rings. The van der Waals surface area contributed by atoms with Crippen LogP contribution in [0.2, 0.25) is 0 Å². The Morgan fingerprint density at radius 3 is 2.55 bits per heavy atom. The van der Waals surface area contributed by atoms with Gasteiger partial charge in [0.25, 0.3) is 5.91 Å². The molecule has 1 aromatic carbocycles. The smallest absolute Gasteiger partial charge is 0.274 e. The molecule has 2 aliphatic rings. The van der Waals surface area contributed by atoms with E-state index >= 15 is 8.78 Å². The number of nitrogens with zero attached hydrogens (tertiary/aromatic N) is 3.